The number of sulfonamides is 1. The third-order valence-electron chi connectivity index (χ3n) is 5.41. The highest BCUT2D eigenvalue weighted by Crippen LogP contribution is 2.23. The van der Waals surface area contributed by atoms with Crippen molar-refractivity contribution in [2.45, 2.75) is 24.7 Å². The summed E-state index contributed by atoms with van der Waals surface area (Å²) in [5, 5.41) is 2.13. The second-order valence-corrected chi connectivity index (χ2v) is 9.70. The molecule has 0 atom stereocenters. The maximum atomic E-state index is 12.8. The van der Waals surface area contributed by atoms with E-state index in [9.17, 15) is 22.8 Å². The van der Waals surface area contributed by atoms with Crippen LogP contribution in [0.25, 0.3) is 0 Å². The van der Waals surface area contributed by atoms with E-state index >= 15 is 0 Å². The summed E-state index contributed by atoms with van der Waals surface area (Å²) in [4.78, 5) is 36.6. The first kappa shape index (κ1) is 24.4. The molecule has 1 aliphatic heterocycles. The van der Waals surface area contributed by atoms with Crippen molar-refractivity contribution < 1.29 is 32.3 Å². The first-order chi connectivity index (χ1) is 15.7. The zero-order chi connectivity index (χ0) is 24.0. The molecule has 0 spiro atoms. The lowest BCUT2D eigenvalue weighted by molar-refractivity contribution is -0.123. The predicted octanol–water partition coefficient (Wildman–Crippen LogP) is 2.23. The first-order valence-electron chi connectivity index (χ1n) is 10.5. The number of benzene rings is 2. The van der Waals surface area contributed by atoms with Crippen LogP contribution in [0.3, 0.4) is 0 Å². The summed E-state index contributed by atoms with van der Waals surface area (Å²) >= 11 is 0. The number of carbonyl (C=O) groups is 3. The number of amides is 2. The Morgan fingerprint density at radius 3 is 2.30 bits per heavy atom. The van der Waals surface area contributed by atoms with Gasteiger partial charge in [-0.3, -0.25) is 14.9 Å². The highest BCUT2D eigenvalue weighted by molar-refractivity contribution is 7.89. The van der Waals surface area contributed by atoms with Gasteiger partial charge < -0.3 is 9.47 Å². The van der Waals surface area contributed by atoms with Gasteiger partial charge in [0.2, 0.25) is 10.0 Å². The zero-order valence-corrected chi connectivity index (χ0v) is 19.3. The fourth-order valence-electron chi connectivity index (χ4n) is 3.41. The normalized spacial score (nSPS) is 15.0. The molecule has 0 unspecified atom stereocenters. The highest BCUT2D eigenvalue weighted by atomic mass is 32.2. The summed E-state index contributed by atoms with van der Waals surface area (Å²) in [6.45, 7) is 2.36. The topological polar surface area (TPSA) is 119 Å². The Kier molecular flexibility index (Phi) is 7.83. The molecule has 2 aromatic carbocycles. The van der Waals surface area contributed by atoms with Crippen LogP contribution in [-0.4, -0.2) is 57.3 Å². The number of imide groups is 1. The largest absolute Gasteiger partial charge is 0.496 e. The summed E-state index contributed by atoms with van der Waals surface area (Å²) in [6.07, 6.45) is 1.62. The van der Waals surface area contributed by atoms with Gasteiger partial charge in [0.15, 0.2) is 6.61 Å². The minimum atomic E-state index is -3.63. The molecule has 0 bridgehead atoms. The molecule has 2 aromatic rings. The van der Waals surface area contributed by atoms with Gasteiger partial charge in [-0.2, -0.15) is 4.31 Å². The second kappa shape index (κ2) is 10.6. The van der Waals surface area contributed by atoms with Crippen LogP contribution in [0.4, 0.5) is 0 Å². The number of esters is 1. The molecule has 33 heavy (non-hydrogen) atoms. The number of nitrogens with zero attached hydrogens (tertiary/aromatic N) is 1. The molecule has 2 amide bonds. The van der Waals surface area contributed by atoms with Gasteiger partial charge in [0.05, 0.1) is 23.1 Å². The second-order valence-electron chi connectivity index (χ2n) is 7.76. The van der Waals surface area contributed by atoms with E-state index in [0.29, 0.717) is 24.8 Å². The minimum Gasteiger partial charge on any atom is -0.496 e. The maximum absolute atomic E-state index is 12.8. The number of nitrogens with one attached hydrogen (secondary N) is 1. The van der Waals surface area contributed by atoms with E-state index in [-0.39, 0.29) is 16.0 Å². The summed E-state index contributed by atoms with van der Waals surface area (Å²) < 4.78 is 37.0. The van der Waals surface area contributed by atoms with Gasteiger partial charge in [-0.15, -0.1) is 0 Å². The molecule has 1 aliphatic rings. The molecule has 3 rings (SSSR count). The monoisotopic (exact) mass is 474 g/mol. The van der Waals surface area contributed by atoms with E-state index in [1.54, 1.807) is 18.2 Å². The van der Waals surface area contributed by atoms with Gasteiger partial charge in [0, 0.05) is 13.1 Å². The van der Waals surface area contributed by atoms with Gasteiger partial charge in [-0.05, 0) is 55.2 Å². The quantitative estimate of drug-likeness (QED) is 0.611. The highest BCUT2D eigenvalue weighted by Gasteiger charge is 2.28. The number of ether oxygens (including phenoxy) is 2. The average molecular weight is 475 g/mol. The number of methoxy groups -OCH3 is 1. The van der Waals surface area contributed by atoms with Crippen molar-refractivity contribution in [2.24, 2.45) is 5.92 Å². The van der Waals surface area contributed by atoms with Crippen LogP contribution in [-0.2, 0) is 19.6 Å². The standard InChI is InChI=1S/C23H26N2O7S/c1-16-11-13-25(14-12-16)33(29,30)18-9-7-17(8-10-18)23(28)32-15-21(26)24-22(27)19-5-3-4-6-20(19)31-2/h3-10,16H,11-15H2,1-2H3,(H,24,26,27). The van der Waals surface area contributed by atoms with Crippen LogP contribution in [0, 0.1) is 5.92 Å². The minimum absolute atomic E-state index is 0.0880. The Labute approximate surface area is 192 Å². The van der Waals surface area contributed by atoms with E-state index < -0.39 is 34.4 Å². The van der Waals surface area contributed by atoms with Gasteiger partial charge in [-0.25, -0.2) is 13.2 Å². The van der Waals surface area contributed by atoms with Crippen LogP contribution in [0.15, 0.2) is 53.4 Å². The molecule has 176 valence electrons. The van der Waals surface area contributed by atoms with Crippen LogP contribution in [0.5, 0.6) is 5.75 Å². The smallest absolute Gasteiger partial charge is 0.338 e. The van der Waals surface area contributed by atoms with E-state index in [1.807, 2.05) is 0 Å². The Balaban J connectivity index is 1.55. The number of hydrogen-bond acceptors (Lipinski definition) is 7. The van der Waals surface area contributed by atoms with Crippen molar-refractivity contribution in [2.75, 3.05) is 26.8 Å². The van der Waals surface area contributed by atoms with Crippen LogP contribution < -0.4 is 10.1 Å². The molecular formula is C23H26N2O7S. The van der Waals surface area contributed by atoms with E-state index in [4.69, 9.17) is 9.47 Å². The van der Waals surface area contributed by atoms with Crippen molar-refractivity contribution >= 4 is 27.8 Å². The summed E-state index contributed by atoms with van der Waals surface area (Å²) in [5.74, 6) is -1.51. The van der Waals surface area contributed by atoms with Crippen molar-refractivity contribution in [1.29, 1.82) is 0 Å². The van der Waals surface area contributed by atoms with Crippen molar-refractivity contribution in [3.8, 4) is 5.75 Å². The Hall–Kier alpha value is -3.24. The molecule has 1 fully saturated rings. The predicted molar refractivity (Wildman–Crippen MR) is 119 cm³/mol. The fraction of sp³-hybridized carbons (Fsp3) is 0.348. The van der Waals surface area contributed by atoms with E-state index in [0.717, 1.165) is 12.8 Å². The number of rotatable bonds is 7. The molecule has 0 aliphatic carbocycles. The van der Waals surface area contributed by atoms with E-state index in [1.165, 1.54) is 41.7 Å². The maximum Gasteiger partial charge on any atom is 0.338 e. The van der Waals surface area contributed by atoms with Crippen LogP contribution in [0.1, 0.15) is 40.5 Å². The summed E-state index contributed by atoms with van der Waals surface area (Å²) in [5.41, 5.74) is 0.254. The van der Waals surface area contributed by atoms with Crippen molar-refractivity contribution in [1.82, 2.24) is 9.62 Å². The van der Waals surface area contributed by atoms with Gasteiger partial charge >= 0.3 is 5.97 Å². The molecule has 1 saturated heterocycles. The molecule has 0 aromatic heterocycles. The number of hydrogen-bond donors (Lipinski definition) is 1. The van der Waals surface area contributed by atoms with Gasteiger partial charge in [0.25, 0.3) is 11.8 Å². The first-order valence-corrected chi connectivity index (χ1v) is 11.9. The molecular weight excluding hydrogens is 448 g/mol. The van der Waals surface area contributed by atoms with Gasteiger partial charge in [0.1, 0.15) is 5.75 Å². The zero-order valence-electron chi connectivity index (χ0n) is 18.4. The van der Waals surface area contributed by atoms with Crippen molar-refractivity contribution in [3.05, 3.63) is 59.7 Å². The molecule has 9 nitrogen and oxygen atoms in total. The Bertz CT molecular complexity index is 1120. The summed E-state index contributed by atoms with van der Waals surface area (Å²) in [7, 11) is -2.23. The Morgan fingerprint density at radius 1 is 1.03 bits per heavy atom. The SMILES string of the molecule is COc1ccccc1C(=O)NC(=O)COC(=O)c1ccc(S(=O)(=O)N2CCC(C)CC2)cc1. The number of para-hydroxylation sites is 1. The average Bonchev–Trinajstić information content (AvgIpc) is 2.82. The number of piperidine rings is 1. The Morgan fingerprint density at radius 2 is 1.67 bits per heavy atom. The van der Waals surface area contributed by atoms with E-state index in [2.05, 4.69) is 12.2 Å². The van der Waals surface area contributed by atoms with Crippen molar-refractivity contribution in [3.63, 3.8) is 0 Å². The lowest BCUT2D eigenvalue weighted by atomic mass is 10.0. The molecule has 0 radical (unpaired) electrons. The van der Waals surface area contributed by atoms with Crippen LogP contribution >= 0.6 is 0 Å². The fourth-order valence-corrected chi connectivity index (χ4v) is 4.88. The third kappa shape index (κ3) is 5.96. The van der Waals surface area contributed by atoms with Crippen LogP contribution in [0.2, 0.25) is 0 Å². The third-order valence-corrected chi connectivity index (χ3v) is 7.32. The summed E-state index contributed by atoms with van der Waals surface area (Å²) in [6, 6.07) is 11.7. The lowest BCUT2D eigenvalue weighted by Gasteiger charge is -2.29. The molecule has 1 heterocycles. The molecule has 10 heteroatoms. The number of carbonyl (C=O) groups excluding carboxylic acids is 3. The lowest BCUT2D eigenvalue weighted by Crippen LogP contribution is -2.37. The molecule has 0 saturated carbocycles. The van der Waals surface area contributed by atoms with Gasteiger partial charge in [-0.1, -0.05) is 19.1 Å². The molecule has 1 N–H and O–H groups in total.